The highest BCUT2D eigenvalue weighted by molar-refractivity contribution is 6.32. The number of anilines is 1. The van der Waals surface area contributed by atoms with Gasteiger partial charge in [0.1, 0.15) is 18.2 Å². The van der Waals surface area contributed by atoms with Crippen LogP contribution in [0.1, 0.15) is 19.4 Å². The van der Waals surface area contributed by atoms with Crippen LogP contribution in [0, 0.1) is 5.82 Å². The van der Waals surface area contributed by atoms with E-state index in [1.807, 2.05) is 13.8 Å². The van der Waals surface area contributed by atoms with Gasteiger partial charge in [-0.25, -0.2) is 9.18 Å². The van der Waals surface area contributed by atoms with Crippen molar-refractivity contribution in [3.63, 3.8) is 0 Å². The van der Waals surface area contributed by atoms with Gasteiger partial charge in [0.15, 0.2) is 0 Å². The third-order valence-corrected chi connectivity index (χ3v) is 4.02. The van der Waals surface area contributed by atoms with Crippen molar-refractivity contribution in [2.45, 2.75) is 19.4 Å². The first-order valence-corrected chi connectivity index (χ1v) is 8.46. The Hall–Kier alpha value is -2.31. The van der Waals surface area contributed by atoms with E-state index >= 15 is 0 Å². The van der Waals surface area contributed by atoms with Gasteiger partial charge >= 0.3 is 6.03 Å². The maximum absolute atomic E-state index is 13.1. The van der Waals surface area contributed by atoms with Crippen LogP contribution in [0.4, 0.5) is 14.9 Å². The second kappa shape index (κ2) is 8.87. The van der Waals surface area contributed by atoms with Crippen LogP contribution in [0.25, 0.3) is 0 Å². The Morgan fingerprint density at radius 2 is 1.85 bits per heavy atom. The molecule has 0 fully saturated rings. The average Bonchev–Trinajstić information content (AvgIpc) is 2.57. The van der Waals surface area contributed by atoms with E-state index in [4.69, 9.17) is 21.1 Å². The zero-order valence-electron chi connectivity index (χ0n) is 14.9. The van der Waals surface area contributed by atoms with Gasteiger partial charge in [0.25, 0.3) is 0 Å². The molecule has 0 atom stereocenters. The monoisotopic (exact) mass is 380 g/mol. The van der Waals surface area contributed by atoms with Gasteiger partial charge in [0.2, 0.25) is 0 Å². The zero-order valence-corrected chi connectivity index (χ0v) is 15.7. The van der Waals surface area contributed by atoms with Gasteiger partial charge in [-0.1, -0.05) is 23.7 Å². The molecule has 2 N–H and O–H groups in total. The summed E-state index contributed by atoms with van der Waals surface area (Å²) in [6.07, 6.45) is 0. The first-order valence-electron chi connectivity index (χ1n) is 8.08. The fourth-order valence-electron chi connectivity index (χ4n) is 2.32. The van der Waals surface area contributed by atoms with Crippen molar-refractivity contribution in [1.29, 1.82) is 0 Å². The highest BCUT2D eigenvalue weighted by atomic mass is 35.5. The third kappa shape index (κ3) is 5.61. The van der Waals surface area contributed by atoms with Crippen molar-refractivity contribution in [3.8, 4) is 5.75 Å². The molecule has 5 nitrogen and oxygen atoms in total. The maximum atomic E-state index is 13.1. The molecule has 2 amide bonds. The number of hydrogen-bond acceptors (Lipinski definition) is 3. The third-order valence-electron chi connectivity index (χ3n) is 3.73. The predicted octanol–water partition coefficient (Wildman–Crippen LogP) is 4.56. The van der Waals surface area contributed by atoms with E-state index in [2.05, 4.69) is 10.6 Å². The fourth-order valence-corrected chi connectivity index (χ4v) is 2.55. The molecule has 2 rings (SSSR count). The van der Waals surface area contributed by atoms with Gasteiger partial charge in [-0.05, 0) is 49.7 Å². The zero-order chi connectivity index (χ0) is 19.2. The van der Waals surface area contributed by atoms with Gasteiger partial charge in [0.05, 0.1) is 17.2 Å². The number of hydrogen-bond donors (Lipinski definition) is 2. The molecule has 0 aromatic heterocycles. The molecule has 0 saturated heterocycles. The van der Waals surface area contributed by atoms with E-state index in [-0.39, 0.29) is 5.82 Å². The quantitative estimate of drug-likeness (QED) is 0.692. The lowest BCUT2D eigenvalue weighted by atomic mass is 9.94. The fraction of sp³-hybridized carbons (Fsp3) is 0.316. The Balaban J connectivity index is 1.98. The summed E-state index contributed by atoms with van der Waals surface area (Å²) in [5.74, 6) is 0.192. The first kappa shape index (κ1) is 20.0. The summed E-state index contributed by atoms with van der Waals surface area (Å²) in [6, 6.07) is 10.6. The Bertz CT molecular complexity index is 751. The number of nitrogens with one attached hydrogen (secondary N) is 2. The minimum Gasteiger partial charge on any atom is -0.490 e. The molecule has 2 aromatic carbocycles. The molecular formula is C19H22ClFN2O3. The molecule has 0 unspecified atom stereocenters. The van der Waals surface area contributed by atoms with Crippen molar-refractivity contribution < 1.29 is 18.7 Å². The molecule has 0 aliphatic rings. The van der Waals surface area contributed by atoms with Crippen molar-refractivity contribution in [3.05, 3.63) is 58.9 Å². The molecule has 0 radical (unpaired) electrons. The normalized spacial score (nSPS) is 11.1. The molecule has 0 bridgehead atoms. The number of halogens is 2. The van der Waals surface area contributed by atoms with Crippen LogP contribution in [-0.2, 0) is 10.3 Å². The SMILES string of the molecule is COCCOc1ccc(NC(=O)NC(C)(C)c2ccc(F)cc2)cc1Cl. The number of benzene rings is 2. The first-order chi connectivity index (χ1) is 12.3. The van der Waals surface area contributed by atoms with Gasteiger partial charge in [-0.3, -0.25) is 0 Å². The summed E-state index contributed by atoms with van der Waals surface area (Å²) in [4.78, 5) is 12.3. The number of rotatable bonds is 7. The summed E-state index contributed by atoms with van der Waals surface area (Å²) in [5, 5.41) is 5.96. The van der Waals surface area contributed by atoms with E-state index in [1.165, 1.54) is 12.1 Å². The number of urea groups is 1. The minimum absolute atomic E-state index is 0.323. The average molecular weight is 381 g/mol. The van der Waals surface area contributed by atoms with Crippen molar-refractivity contribution in [2.75, 3.05) is 25.6 Å². The van der Waals surface area contributed by atoms with Crippen LogP contribution in [-0.4, -0.2) is 26.4 Å². The largest absolute Gasteiger partial charge is 0.490 e. The Morgan fingerprint density at radius 3 is 2.46 bits per heavy atom. The molecule has 140 valence electrons. The Labute approximate surface area is 157 Å². The van der Waals surface area contributed by atoms with E-state index < -0.39 is 11.6 Å². The standard InChI is InChI=1S/C19H22ClFN2O3/c1-19(2,13-4-6-14(21)7-5-13)23-18(24)22-15-8-9-17(16(20)12-15)26-11-10-25-3/h4-9,12H,10-11H2,1-3H3,(H2,22,23,24). The van der Waals surface area contributed by atoms with Crippen LogP contribution >= 0.6 is 11.6 Å². The topological polar surface area (TPSA) is 59.6 Å². The number of carbonyl (C=O) groups is 1. The van der Waals surface area contributed by atoms with E-state index in [0.717, 1.165) is 5.56 Å². The molecule has 7 heteroatoms. The number of carbonyl (C=O) groups excluding carboxylic acids is 1. The van der Waals surface area contributed by atoms with Gasteiger partial charge in [0, 0.05) is 12.8 Å². The van der Waals surface area contributed by atoms with Crippen LogP contribution in [0.15, 0.2) is 42.5 Å². The Kier molecular flexibility index (Phi) is 6.83. The number of methoxy groups -OCH3 is 1. The van der Waals surface area contributed by atoms with E-state index in [0.29, 0.717) is 29.7 Å². The Morgan fingerprint density at radius 1 is 1.15 bits per heavy atom. The van der Waals surface area contributed by atoms with Crippen LogP contribution in [0.3, 0.4) is 0 Å². The van der Waals surface area contributed by atoms with Crippen molar-refractivity contribution >= 4 is 23.3 Å². The molecule has 26 heavy (non-hydrogen) atoms. The number of amides is 2. The van der Waals surface area contributed by atoms with Gasteiger partial charge in [-0.2, -0.15) is 0 Å². The van der Waals surface area contributed by atoms with E-state index in [9.17, 15) is 9.18 Å². The predicted molar refractivity (Wildman–Crippen MR) is 100 cm³/mol. The molecule has 0 heterocycles. The lowest BCUT2D eigenvalue weighted by Gasteiger charge is -2.27. The molecule has 0 saturated carbocycles. The summed E-state index contributed by atoms with van der Waals surface area (Å²) in [7, 11) is 1.59. The summed E-state index contributed by atoms with van der Waals surface area (Å²) in [6.45, 7) is 4.51. The van der Waals surface area contributed by atoms with Crippen molar-refractivity contribution in [2.24, 2.45) is 0 Å². The second-order valence-electron chi connectivity index (χ2n) is 6.20. The second-order valence-corrected chi connectivity index (χ2v) is 6.60. The van der Waals surface area contributed by atoms with Crippen LogP contribution in [0.5, 0.6) is 5.75 Å². The summed E-state index contributed by atoms with van der Waals surface area (Å²) in [5.41, 5.74) is 0.639. The molecular weight excluding hydrogens is 359 g/mol. The summed E-state index contributed by atoms with van der Waals surface area (Å²) < 4.78 is 23.4. The highest BCUT2D eigenvalue weighted by Gasteiger charge is 2.23. The van der Waals surface area contributed by atoms with E-state index in [1.54, 1.807) is 37.4 Å². The molecule has 0 aliphatic heterocycles. The molecule has 0 aliphatic carbocycles. The minimum atomic E-state index is -0.676. The molecule has 0 spiro atoms. The number of ether oxygens (including phenoxy) is 2. The lowest BCUT2D eigenvalue weighted by molar-refractivity contribution is 0.146. The molecule has 2 aromatic rings. The maximum Gasteiger partial charge on any atom is 0.319 e. The smallest absolute Gasteiger partial charge is 0.319 e. The van der Waals surface area contributed by atoms with Crippen LogP contribution in [0.2, 0.25) is 5.02 Å². The van der Waals surface area contributed by atoms with Crippen LogP contribution < -0.4 is 15.4 Å². The summed E-state index contributed by atoms with van der Waals surface area (Å²) >= 11 is 6.16. The van der Waals surface area contributed by atoms with Crippen molar-refractivity contribution in [1.82, 2.24) is 5.32 Å². The lowest BCUT2D eigenvalue weighted by Crippen LogP contribution is -2.43. The highest BCUT2D eigenvalue weighted by Crippen LogP contribution is 2.28. The van der Waals surface area contributed by atoms with Gasteiger partial charge in [-0.15, -0.1) is 0 Å². The van der Waals surface area contributed by atoms with Gasteiger partial charge < -0.3 is 20.1 Å².